The Morgan fingerprint density at radius 2 is 1.90 bits per heavy atom. The summed E-state index contributed by atoms with van der Waals surface area (Å²) in [5.74, 6) is 0.760. The van der Waals surface area contributed by atoms with Gasteiger partial charge in [0.25, 0.3) is 0 Å². The Bertz CT molecular complexity index is 699. The Labute approximate surface area is 117 Å². The molecule has 0 bridgehead atoms. The van der Waals surface area contributed by atoms with Gasteiger partial charge in [0.1, 0.15) is 5.69 Å². The fourth-order valence-electron chi connectivity index (χ4n) is 2.12. The number of rotatable bonds is 3. The first-order valence-corrected chi connectivity index (χ1v) is 6.64. The van der Waals surface area contributed by atoms with Gasteiger partial charge in [-0.15, -0.1) is 0 Å². The van der Waals surface area contributed by atoms with Crippen molar-refractivity contribution in [2.45, 2.75) is 13.3 Å². The summed E-state index contributed by atoms with van der Waals surface area (Å²) in [5, 5.41) is 4.53. The van der Waals surface area contributed by atoms with Gasteiger partial charge >= 0.3 is 0 Å². The smallest absolute Gasteiger partial charge is 0.153 e. The average Bonchev–Trinajstić information content (AvgIpc) is 2.90. The lowest BCUT2D eigenvalue weighted by Crippen LogP contribution is -1.97. The van der Waals surface area contributed by atoms with Gasteiger partial charge in [-0.1, -0.05) is 37.3 Å². The molecule has 0 saturated heterocycles. The molecule has 0 aliphatic heterocycles. The monoisotopic (exact) mass is 264 g/mol. The molecule has 0 aliphatic carbocycles. The fourth-order valence-corrected chi connectivity index (χ4v) is 2.12. The predicted molar refractivity (Wildman–Crippen MR) is 80.6 cm³/mol. The lowest BCUT2D eigenvalue weighted by atomic mass is 10.1. The van der Waals surface area contributed by atoms with E-state index in [1.165, 1.54) is 5.56 Å². The van der Waals surface area contributed by atoms with Gasteiger partial charge in [0.2, 0.25) is 0 Å². The molecule has 0 radical (unpaired) electrons. The third-order valence-electron chi connectivity index (χ3n) is 3.26. The first kappa shape index (κ1) is 12.4. The van der Waals surface area contributed by atoms with Crippen molar-refractivity contribution in [3.05, 3.63) is 60.4 Å². The van der Waals surface area contributed by atoms with Crippen molar-refractivity contribution in [3.63, 3.8) is 0 Å². The third-order valence-corrected chi connectivity index (χ3v) is 3.26. The number of nitrogens with zero attached hydrogens (tertiary/aromatic N) is 3. The number of aryl methyl sites for hydroxylation is 1. The van der Waals surface area contributed by atoms with Crippen molar-refractivity contribution in [1.29, 1.82) is 0 Å². The summed E-state index contributed by atoms with van der Waals surface area (Å²) in [6.07, 6.45) is 4.56. The van der Waals surface area contributed by atoms with Crippen LogP contribution in [0.5, 0.6) is 0 Å². The van der Waals surface area contributed by atoms with Crippen LogP contribution < -0.4 is 5.73 Å². The topological polar surface area (TPSA) is 56.7 Å². The van der Waals surface area contributed by atoms with Crippen LogP contribution in [-0.4, -0.2) is 14.8 Å². The van der Waals surface area contributed by atoms with Gasteiger partial charge in [-0.05, 0) is 24.1 Å². The number of nitrogen functional groups attached to an aromatic ring is 1. The van der Waals surface area contributed by atoms with E-state index in [1.807, 2.05) is 18.2 Å². The van der Waals surface area contributed by atoms with Crippen LogP contribution in [0.3, 0.4) is 0 Å². The van der Waals surface area contributed by atoms with Gasteiger partial charge in [0.15, 0.2) is 5.82 Å². The van der Waals surface area contributed by atoms with E-state index < -0.39 is 0 Å². The standard InChI is InChI=1S/C16H16N4/c1-2-12-6-8-13(9-7-12)16-14(17)11-20(19-16)15-5-3-4-10-18-15/h3-11H,2,17H2,1H3. The van der Waals surface area contributed by atoms with Gasteiger partial charge in [0, 0.05) is 11.8 Å². The van der Waals surface area contributed by atoms with Gasteiger partial charge < -0.3 is 5.73 Å². The van der Waals surface area contributed by atoms with Crippen LogP contribution in [0.25, 0.3) is 17.1 Å². The second kappa shape index (κ2) is 5.17. The number of nitrogens with two attached hydrogens (primary N) is 1. The van der Waals surface area contributed by atoms with Crippen molar-refractivity contribution >= 4 is 5.69 Å². The van der Waals surface area contributed by atoms with Gasteiger partial charge in [-0.3, -0.25) is 0 Å². The summed E-state index contributed by atoms with van der Waals surface area (Å²) in [5.41, 5.74) is 9.84. The molecule has 2 aromatic heterocycles. The van der Waals surface area contributed by atoms with Crippen molar-refractivity contribution in [2.75, 3.05) is 5.73 Å². The SMILES string of the molecule is CCc1ccc(-c2nn(-c3ccccn3)cc2N)cc1. The Kier molecular flexibility index (Phi) is 3.21. The highest BCUT2D eigenvalue weighted by Gasteiger charge is 2.09. The highest BCUT2D eigenvalue weighted by atomic mass is 15.3. The molecule has 0 unspecified atom stereocenters. The van der Waals surface area contributed by atoms with E-state index in [2.05, 4.69) is 41.3 Å². The molecule has 4 nitrogen and oxygen atoms in total. The Morgan fingerprint density at radius 3 is 2.55 bits per heavy atom. The minimum atomic E-state index is 0.653. The van der Waals surface area contributed by atoms with Crippen molar-refractivity contribution < 1.29 is 0 Å². The van der Waals surface area contributed by atoms with Gasteiger partial charge in [-0.25, -0.2) is 9.67 Å². The number of pyridine rings is 1. The molecule has 0 atom stereocenters. The number of benzene rings is 1. The molecule has 2 N–H and O–H groups in total. The molecule has 0 aliphatic rings. The largest absolute Gasteiger partial charge is 0.396 e. The molecule has 3 rings (SSSR count). The maximum Gasteiger partial charge on any atom is 0.153 e. The summed E-state index contributed by atoms with van der Waals surface area (Å²) >= 11 is 0. The maximum absolute atomic E-state index is 6.07. The van der Waals surface area contributed by atoms with E-state index in [0.29, 0.717) is 5.69 Å². The van der Waals surface area contributed by atoms with E-state index in [0.717, 1.165) is 23.5 Å². The van der Waals surface area contributed by atoms with Crippen LogP contribution in [0, 0.1) is 0 Å². The summed E-state index contributed by atoms with van der Waals surface area (Å²) in [7, 11) is 0. The van der Waals surface area contributed by atoms with Crippen LogP contribution in [0.4, 0.5) is 5.69 Å². The van der Waals surface area contributed by atoms with Crippen molar-refractivity contribution in [2.24, 2.45) is 0 Å². The molecule has 2 heterocycles. The van der Waals surface area contributed by atoms with E-state index in [1.54, 1.807) is 17.1 Å². The summed E-state index contributed by atoms with van der Waals surface area (Å²) in [6, 6.07) is 14.0. The van der Waals surface area contributed by atoms with E-state index in [9.17, 15) is 0 Å². The normalized spacial score (nSPS) is 10.7. The molecular formula is C16H16N4. The Balaban J connectivity index is 2.00. The minimum absolute atomic E-state index is 0.653. The molecule has 20 heavy (non-hydrogen) atoms. The maximum atomic E-state index is 6.07. The summed E-state index contributed by atoms with van der Waals surface area (Å²) in [6.45, 7) is 2.14. The molecule has 1 aromatic carbocycles. The van der Waals surface area contributed by atoms with Crippen LogP contribution in [0.2, 0.25) is 0 Å². The zero-order chi connectivity index (χ0) is 13.9. The lowest BCUT2D eigenvalue weighted by molar-refractivity contribution is 0.850. The Hall–Kier alpha value is -2.62. The van der Waals surface area contributed by atoms with E-state index in [-0.39, 0.29) is 0 Å². The van der Waals surface area contributed by atoms with Crippen LogP contribution >= 0.6 is 0 Å². The number of aromatic nitrogens is 3. The second-order valence-electron chi connectivity index (χ2n) is 4.62. The van der Waals surface area contributed by atoms with Gasteiger partial charge in [0.05, 0.1) is 11.9 Å². The fraction of sp³-hybridized carbons (Fsp3) is 0.125. The van der Waals surface area contributed by atoms with E-state index in [4.69, 9.17) is 5.73 Å². The van der Waals surface area contributed by atoms with Gasteiger partial charge in [-0.2, -0.15) is 5.10 Å². The predicted octanol–water partition coefficient (Wildman–Crippen LogP) is 3.08. The first-order valence-electron chi connectivity index (χ1n) is 6.64. The second-order valence-corrected chi connectivity index (χ2v) is 4.62. The molecule has 3 aromatic rings. The molecular weight excluding hydrogens is 248 g/mol. The molecule has 4 heteroatoms. The third kappa shape index (κ3) is 2.28. The van der Waals surface area contributed by atoms with Crippen molar-refractivity contribution in [1.82, 2.24) is 14.8 Å². The molecule has 0 spiro atoms. The van der Waals surface area contributed by atoms with Crippen LogP contribution in [0.1, 0.15) is 12.5 Å². The zero-order valence-corrected chi connectivity index (χ0v) is 11.3. The highest BCUT2D eigenvalue weighted by Crippen LogP contribution is 2.25. The quantitative estimate of drug-likeness (QED) is 0.791. The van der Waals surface area contributed by atoms with E-state index >= 15 is 0 Å². The molecule has 0 amide bonds. The minimum Gasteiger partial charge on any atom is -0.396 e. The zero-order valence-electron chi connectivity index (χ0n) is 11.3. The average molecular weight is 264 g/mol. The number of hydrogen-bond donors (Lipinski definition) is 1. The van der Waals surface area contributed by atoms with Crippen molar-refractivity contribution in [3.8, 4) is 17.1 Å². The van der Waals surface area contributed by atoms with Crippen LogP contribution in [-0.2, 0) is 6.42 Å². The molecule has 100 valence electrons. The summed E-state index contributed by atoms with van der Waals surface area (Å²) < 4.78 is 1.71. The highest BCUT2D eigenvalue weighted by molar-refractivity contribution is 5.72. The van der Waals surface area contributed by atoms with Crippen LogP contribution in [0.15, 0.2) is 54.9 Å². The Morgan fingerprint density at radius 1 is 1.10 bits per heavy atom. The first-order chi connectivity index (χ1) is 9.78. The lowest BCUT2D eigenvalue weighted by Gasteiger charge is -2.01. The number of hydrogen-bond acceptors (Lipinski definition) is 3. The molecule has 0 saturated carbocycles. The molecule has 0 fully saturated rings. The summed E-state index contributed by atoms with van der Waals surface area (Å²) in [4.78, 5) is 4.27. The number of anilines is 1.